The van der Waals surface area contributed by atoms with E-state index in [0.717, 1.165) is 5.82 Å². The van der Waals surface area contributed by atoms with E-state index in [1.54, 1.807) is 19.3 Å². The van der Waals surface area contributed by atoms with Crippen molar-refractivity contribution in [1.82, 2.24) is 15.3 Å². The third-order valence-corrected chi connectivity index (χ3v) is 2.31. The first-order valence-corrected chi connectivity index (χ1v) is 4.44. The number of aliphatic hydroxyl groups excluding tert-OH is 1. The van der Waals surface area contributed by atoms with E-state index in [-0.39, 0.29) is 11.6 Å². The predicted molar refractivity (Wildman–Crippen MR) is 51.2 cm³/mol. The molecule has 4 heteroatoms. The number of nitrogens with one attached hydrogen (secondary N) is 2. The van der Waals surface area contributed by atoms with Crippen molar-refractivity contribution >= 4 is 0 Å². The molecule has 0 aliphatic carbocycles. The smallest absolute Gasteiger partial charge is 0.120 e. The average molecular weight is 183 g/mol. The zero-order valence-corrected chi connectivity index (χ0v) is 8.33. The fraction of sp³-hybridized carbons (Fsp3) is 0.667. The minimum atomic E-state index is -0.387. The summed E-state index contributed by atoms with van der Waals surface area (Å²) in [6, 6.07) is 0. The van der Waals surface area contributed by atoms with Gasteiger partial charge in [-0.15, -0.1) is 0 Å². The van der Waals surface area contributed by atoms with E-state index in [1.165, 1.54) is 0 Å². The van der Waals surface area contributed by atoms with Crippen LogP contribution in [0.2, 0.25) is 0 Å². The van der Waals surface area contributed by atoms with E-state index in [4.69, 9.17) is 0 Å². The molecule has 0 saturated heterocycles. The van der Waals surface area contributed by atoms with Crippen LogP contribution in [0.3, 0.4) is 0 Å². The molecule has 0 spiro atoms. The van der Waals surface area contributed by atoms with E-state index in [9.17, 15) is 5.11 Å². The van der Waals surface area contributed by atoms with Gasteiger partial charge in [0.15, 0.2) is 0 Å². The fourth-order valence-corrected chi connectivity index (χ4v) is 0.854. The molecule has 0 aromatic carbocycles. The van der Waals surface area contributed by atoms with Crippen LogP contribution in [0.4, 0.5) is 0 Å². The molecule has 0 amide bonds. The number of nitrogens with zero attached hydrogens (tertiary/aromatic N) is 1. The molecule has 0 bridgehead atoms. The third-order valence-electron chi connectivity index (χ3n) is 2.31. The summed E-state index contributed by atoms with van der Waals surface area (Å²) in [7, 11) is 0. The second-order valence-electron chi connectivity index (χ2n) is 3.79. The first-order chi connectivity index (χ1) is 6.02. The lowest BCUT2D eigenvalue weighted by atomic mass is 9.99. The molecule has 1 atom stereocenters. The van der Waals surface area contributed by atoms with E-state index >= 15 is 0 Å². The van der Waals surface area contributed by atoms with Gasteiger partial charge in [0.1, 0.15) is 5.82 Å². The van der Waals surface area contributed by atoms with Gasteiger partial charge in [0, 0.05) is 17.9 Å². The molecule has 3 N–H and O–H groups in total. The standard InChI is InChI=1S/C9H17N3O/c1-7(13)9(2,3)12-6-8-10-4-5-11-8/h4-5,7,12-13H,6H2,1-3H3,(H,10,11). The summed E-state index contributed by atoms with van der Waals surface area (Å²) >= 11 is 0. The Kier molecular flexibility index (Phi) is 3.06. The Bertz CT molecular complexity index is 241. The number of H-pyrrole nitrogens is 1. The average Bonchev–Trinajstić information content (AvgIpc) is 2.52. The molecule has 1 rings (SSSR count). The SMILES string of the molecule is CC(O)C(C)(C)NCc1ncc[nH]1. The summed E-state index contributed by atoms with van der Waals surface area (Å²) in [5.41, 5.74) is -0.285. The molecule has 1 aromatic rings. The maximum absolute atomic E-state index is 9.42. The van der Waals surface area contributed by atoms with Crippen LogP contribution in [0.15, 0.2) is 12.4 Å². The summed E-state index contributed by atoms with van der Waals surface area (Å²) in [5, 5.41) is 12.6. The zero-order valence-electron chi connectivity index (χ0n) is 8.33. The van der Waals surface area contributed by atoms with Gasteiger partial charge in [0.25, 0.3) is 0 Å². The molecule has 0 aliphatic heterocycles. The highest BCUT2D eigenvalue weighted by molar-refractivity contribution is 4.90. The van der Waals surface area contributed by atoms with Gasteiger partial charge in [-0.1, -0.05) is 0 Å². The Morgan fingerprint density at radius 2 is 2.38 bits per heavy atom. The van der Waals surface area contributed by atoms with Crippen LogP contribution >= 0.6 is 0 Å². The Balaban J connectivity index is 2.42. The Labute approximate surface area is 78.4 Å². The minimum absolute atomic E-state index is 0.285. The van der Waals surface area contributed by atoms with Crippen LogP contribution < -0.4 is 5.32 Å². The maximum atomic E-state index is 9.42. The third kappa shape index (κ3) is 2.82. The molecular weight excluding hydrogens is 166 g/mol. The van der Waals surface area contributed by atoms with Crippen molar-refractivity contribution in [2.24, 2.45) is 0 Å². The van der Waals surface area contributed by atoms with Gasteiger partial charge in [0.2, 0.25) is 0 Å². The highest BCUT2D eigenvalue weighted by atomic mass is 16.3. The molecule has 1 unspecified atom stereocenters. The fourth-order valence-electron chi connectivity index (χ4n) is 0.854. The number of imidazole rings is 1. The van der Waals surface area contributed by atoms with Crippen LogP contribution in [0.25, 0.3) is 0 Å². The lowest BCUT2D eigenvalue weighted by Gasteiger charge is -2.29. The van der Waals surface area contributed by atoms with E-state index in [1.807, 2.05) is 13.8 Å². The van der Waals surface area contributed by atoms with Crippen molar-refractivity contribution in [2.75, 3.05) is 0 Å². The van der Waals surface area contributed by atoms with E-state index in [2.05, 4.69) is 15.3 Å². The molecular formula is C9H17N3O. The van der Waals surface area contributed by atoms with Crippen LogP contribution in [-0.4, -0.2) is 26.7 Å². The van der Waals surface area contributed by atoms with Gasteiger partial charge >= 0.3 is 0 Å². The van der Waals surface area contributed by atoms with Crippen molar-refractivity contribution < 1.29 is 5.11 Å². The predicted octanol–water partition coefficient (Wildman–Crippen LogP) is 0.659. The van der Waals surface area contributed by atoms with Crippen LogP contribution in [0.5, 0.6) is 0 Å². The molecule has 0 saturated carbocycles. The zero-order chi connectivity index (χ0) is 9.90. The summed E-state index contributed by atoms with van der Waals surface area (Å²) in [4.78, 5) is 7.07. The highest BCUT2D eigenvalue weighted by Gasteiger charge is 2.22. The molecule has 1 heterocycles. The first kappa shape index (κ1) is 10.2. The second-order valence-corrected chi connectivity index (χ2v) is 3.79. The van der Waals surface area contributed by atoms with Gasteiger partial charge in [-0.3, -0.25) is 0 Å². The summed E-state index contributed by atoms with van der Waals surface area (Å²) in [5.74, 6) is 0.883. The van der Waals surface area contributed by atoms with E-state index < -0.39 is 0 Å². The highest BCUT2D eigenvalue weighted by Crippen LogP contribution is 2.08. The van der Waals surface area contributed by atoms with Gasteiger partial charge in [-0.05, 0) is 20.8 Å². The largest absolute Gasteiger partial charge is 0.392 e. The lowest BCUT2D eigenvalue weighted by molar-refractivity contribution is 0.0952. The number of aromatic nitrogens is 2. The summed E-state index contributed by atoms with van der Waals surface area (Å²) < 4.78 is 0. The molecule has 1 aromatic heterocycles. The molecule has 13 heavy (non-hydrogen) atoms. The maximum Gasteiger partial charge on any atom is 0.120 e. The molecule has 0 aliphatic rings. The van der Waals surface area contributed by atoms with Crippen molar-refractivity contribution in [3.63, 3.8) is 0 Å². The topological polar surface area (TPSA) is 60.9 Å². The number of hydrogen-bond donors (Lipinski definition) is 3. The quantitative estimate of drug-likeness (QED) is 0.642. The minimum Gasteiger partial charge on any atom is -0.392 e. The van der Waals surface area contributed by atoms with E-state index in [0.29, 0.717) is 6.54 Å². The second kappa shape index (κ2) is 3.89. The van der Waals surface area contributed by atoms with Crippen LogP contribution in [-0.2, 0) is 6.54 Å². The van der Waals surface area contributed by atoms with Crippen molar-refractivity contribution in [1.29, 1.82) is 0 Å². The van der Waals surface area contributed by atoms with Gasteiger partial charge in [0.05, 0.1) is 12.6 Å². The van der Waals surface area contributed by atoms with Gasteiger partial charge in [-0.2, -0.15) is 0 Å². The monoisotopic (exact) mass is 183 g/mol. The molecule has 0 radical (unpaired) electrons. The molecule has 0 fully saturated rings. The van der Waals surface area contributed by atoms with Crippen LogP contribution in [0.1, 0.15) is 26.6 Å². The number of rotatable bonds is 4. The Morgan fingerprint density at radius 3 is 2.85 bits per heavy atom. The molecule has 4 nitrogen and oxygen atoms in total. The number of aliphatic hydroxyl groups is 1. The summed E-state index contributed by atoms with van der Waals surface area (Å²) in [6.45, 7) is 6.33. The normalized spacial score (nSPS) is 14.5. The lowest BCUT2D eigenvalue weighted by Crippen LogP contribution is -2.47. The van der Waals surface area contributed by atoms with Crippen molar-refractivity contribution in [3.8, 4) is 0 Å². The first-order valence-electron chi connectivity index (χ1n) is 4.44. The Morgan fingerprint density at radius 1 is 1.69 bits per heavy atom. The van der Waals surface area contributed by atoms with Crippen molar-refractivity contribution in [2.45, 2.75) is 39.0 Å². The number of aromatic amines is 1. The Hall–Kier alpha value is -0.870. The van der Waals surface area contributed by atoms with Crippen LogP contribution in [0, 0.1) is 0 Å². The van der Waals surface area contributed by atoms with Gasteiger partial charge < -0.3 is 15.4 Å². The van der Waals surface area contributed by atoms with Crippen molar-refractivity contribution in [3.05, 3.63) is 18.2 Å². The molecule has 74 valence electrons. The summed E-state index contributed by atoms with van der Waals surface area (Å²) in [6.07, 6.45) is 3.11. The number of hydrogen-bond acceptors (Lipinski definition) is 3. The van der Waals surface area contributed by atoms with Gasteiger partial charge in [-0.25, -0.2) is 4.98 Å².